The van der Waals surface area contributed by atoms with Gasteiger partial charge in [0.25, 0.3) is 0 Å². The van der Waals surface area contributed by atoms with E-state index in [1.807, 2.05) is 0 Å². The molecule has 0 radical (unpaired) electrons. The van der Waals surface area contributed by atoms with Gasteiger partial charge in [-0.1, -0.05) is 34.8 Å². The number of benzene rings is 1. The Morgan fingerprint density at radius 3 is 1.75 bits per heavy atom. The molecule has 0 N–H and O–H groups in total. The fourth-order valence-electron chi connectivity index (χ4n) is 0.828. The van der Waals surface area contributed by atoms with Crippen LogP contribution in [0.4, 0.5) is 0 Å². The number of rotatable bonds is 5. The predicted octanol–water partition coefficient (Wildman–Crippen LogP) is 7.81. The Morgan fingerprint density at radius 2 is 1.35 bits per heavy atom. The molecule has 0 saturated heterocycles. The second-order valence-corrected chi connectivity index (χ2v) is 21.1. The molecule has 0 aromatic heterocycles. The quantitative estimate of drug-likeness (QED) is 0.252. The van der Waals surface area contributed by atoms with Gasteiger partial charge < -0.3 is 9.47 Å². The minimum atomic E-state index is -3.69. The number of hydrogen-bond donors (Lipinski definition) is 0. The average molecular weight is 464 g/mol. The van der Waals surface area contributed by atoms with Crippen molar-refractivity contribution in [2.45, 2.75) is 5.02 Å². The zero-order valence-electron chi connectivity index (χ0n) is 9.59. The molecular weight excluding hydrogens is 455 g/mol. The van der Waals surface area contributed by atoms with Crippen LogP contribution in [0.3, 0.4) is 0 Å². The second-order valence-electron chi connectivity index (χ2n) is 3.07. The number of ether oxygens (including phenoxy) is 2. The molecule has 0 heterocycles. The fraction of sp³-hybridized carbons (Fsp3) is 0.333. The summed E-state index contributed by atoms with van der Waals surface area (Å²) in [5.41, 5.74) is 0. The Labute approximate surface area is 156 Å². The normalized spacial score (nSPS) is 13.2. The largest absolute Gasteiger partial charge is 0.491 e. The molecule has 0 atom stereocenters. The number of halogens is 8. The molecule has 0 aliphatic carbocycles. The van der Waals surface area contributed by atoms with E-state index in [4.69, 9.17) is 100 Å². The molecule has 118 valence electrons. The van der Waals surface area contributed by atoms with Gasteiger partial charge in [0.1, 0.15) is 12.4 Å². The van der Waals surface area contributed by atoms with Crippen LogP contribution in [0.2, 0.25) is 5.02 Å². The molecule has 1 aromatic rings. The molecular formula is C9H9Cl8O2P. The number of hydrogen-bond acceptors (Lipinski definition) is 2. The van der Waals surface area contributed by atoms with Crippen molar-refractivity contribution >= 4 is 94.4 Å². The minimum Gasteiger partial charge on any atom is -0.491 e. The van der Waals surface area contributed by atoms with Crippen LogP contribution < -0.4 is 4.74 Å². The zero-order chi connectivity index (χ0) is 15.8. The zero-order valence-corrected chi connectivity index (χ0v) is 16.5. The maximum absolute atomic E-state index is 5.70. The summed E-state index contributed by atoms with van der Waals surface area (Å²) in [6.45, 7) is 0.748. The van der Waals surface area contributed by atoms with Gasteiger partial charge in [-0.05, 0) is 24.3 Å². The van der Waals surface area contributed by atoms with E-state index < -0.39 is 8.39 Å². The molecule has 0 saturated carbocycles. The first-order chi connectivity index (χ1) is 8.92. The molecule has 0 unspecified atom stereocenters. The van der Waals surface area contributed by atoms with E-state index in [1.54, 1.807) is 24.3 Å². The predicted molar refractivity (Wildman–Crippen MR) is 94.6 cm³/mol. The van der Waals surface area contributed by atoms with Crippen molar-refractivity contribution in [2.75, 3.05) is 13.2 Å². The van der Waals surface area contributed by atoms with Gasteiger partial charge in [0.2, 0.25) is 5.02 Å². The minimum absolute atomic E-state index is 0.348. The standard InChI is InChI=1S/C9H9Cl3O2.Cl5P/c10-7-1-3-8(4-2-7)13-5-6-14-9(11)12;1-6(2,3,4)5/h1-4,9H,5-6H2;. The third-order valence-corrected chi connectivity index (χ3v) is 1.91. The Morgan fingerprint density at radius 1 is 0.900 bits per heavy atom. The first-order valence-corrected chi connectivity index (χ1v) is 12.8. The Bertz CT molecular complexity index is 372. The van der Waals surface area contributed by atoms with Crippen molar-refractivity contribution in [1.29, 1.82) is 0 Å². The van der Waals surface area contributed by atoms with E-state index in [9.17, 15) is 0 Å². The molecule has 2 nitrogen and oxygen atoms in total. The van der Waals surface area contributed by atoms with E-state index >= 15 is 0 Å². The summed E-state index contributed by atoms with van der Waals surface area (Å²) in [6, 6.07) is 7.07. The van der Waals surface area contributed by atoms with Crippen molar-refractivity contribution in [3.8, 4) is 5.75 Å². The van der Waals surface area contributed by atoms with E-state index in [0.717, 1.165) is 5.75 Å². The molecule has 20 heavy (non-hydrogen) atoms. The first-order valence-electron chi connectivity index (χ1n) is 4.81. The smallest absolute Gasteiger partial charge is 0.206 e. The molecule has 0 amide bonds. The van der Waals surface area contributed by atoms with Crippen LogP contribution in [-0.4, -0.2) is 18.2 Å². The maximum atomic E-state index is 5.70. The van der Waals surface area contributed by atoms with Crippen LogP contribution in [-0.2, 0) is 4.74 Å². The van der Waals surface area contributed by atoms with Gasteiger partial charge in [0.15, 0.2) is 0 Å². The van der Waals surface area contributed by atoms with Gasteiger partial charge in [-0.3, -0.25) is 0 Å². The summed E-state index contributed by atoms with van der Waals surface area (Å²) in [5.74, 6) is 0.735. The third-order valence-electron chi connectivity index (χ3n) is 1.41. The Kier molecular flexibility index (Phi) is 10.6. The summed E-state index contributed by atoms with van der Waals surface area (Å²) in [6.07, 6.45) is 0. The molecule has 0 aliphatic heterocycles. The van der Waals surface area contributed by atoms with Crippen molar-refractivity contribution < 1.29 is 9.47 Å². The molecule has 0 aliphatic rings. The van der Waals surface area contributed by atoms with Gasteiger partial charge in [0, 0.05) is 5.02 Å². The third kappa shape index (κ3) is 19.7. The molecule has 1 aromatic carbocycles. The van der Waals surface area contributed by atoms with Crippen LogP contribution >= 0.6 is 94.4 Å². The van der Waals surface area contributed by atoms with Gasteiger partial charge >= 0.3 is 59.6 Å². The Hall–Kier alpha value is 1.73. The molecule has 0 fully saturated rings. The van der Waals surface area contributed by atoms with Crippen LogP contribution in [0.25, 0.3) is 0 Å². The van der Waals surface area contributed by atoms with Gasteiger partial charge in [-0.25, -0.2) is 0 Å². The van der Waals surface area contributed by atoms with Crippen LogP contribution in [0, 0.1) is 0 Å². The van der Waals surface area contributed by atoms with E-state index in [2.05, 4.69) is 0 Å². The molecule has 0 spiro atoms. The topological polar surface area (TPSA) is 18.5 Å². The van der Waals surface area contributed by atoms with Crippen molar-refractivity contribution in [2.24, 2.45) is 0 Å². The molecule has 1 rings (SSSR count). The maximum Gasteiger partial charge on any atom is 0.206 e. The van der Waals surface area contributed by atoms with Crippen LogP contribution in [0.1, 0.15) is 0 Å². The summed E-state index contributed by atoms with van der Waals surface area (Å²) >= 11 is 41.3. The molecule has 0 bridgehead atoms. The van der Waals surface area contributed by atoms with Crippen LogP contribution in [0.15, 0.2) is 24.3 Å². The fourth-order valence-corrected chi connectivity index (χ4v) is 1.13. The van der Waals surface area contributed by atoms with Gasteiger partial charge in [0.05, 0.1) is 6.61 Å². The van der Waals surface area contributed by atoms with Crippen molar-refractivity contribution in [1.82, 2.24) is 0 Å². The summed E-state index contributed by atoms with van der Waals surface area (Å²) in [5, 5.41) is -0.126. The average Bonchev–Trinajstić information content (AvgIpc) is 2.23. The van der Waals surface area contributed by atoms with E-state index in [-0.39, 0.29) is 0 Å². The van der Waals surface area contributed by atoms with Crippen molar-refractivity contribution in [3.63, 3.8) is 0 Å². The van der Waals surface area contributed by atoms with Crippen molar-refractivity contribution in [3.05, 3.63) is 29.3 Å². The molecule has 11 heteroatoms. The second kappa shape index (κ2) is 9.78. The first kappa shape index (κ1) is 21.7. The summed E-state index contributed by atoms with van der Waals surface area (Å²) in [4.78, 5) is 0. The summed E-state index contributed by atoms with van der Waals surface area (Å²) < 4.78 is 6.49. The summed E-state index contributed by atoms with van der Waals surface area (Å²) in [7, 11) is 0. The van der Waals surface area contributed by atoms with E-state index in [1.165, 1.54) is 0 Å². The monoisotopic (exact) mass is 460 g/mol. The van der Waals surface area contributed by atoms with Gasteiger partial charge in [-0.2, -0.15) is 0 Å². The SMILES string of the molecule is ClP(Cl)(Cl)(Cl)Cl.Clc1ccc(OCCOC(Cl)Cl)cc1. The van der Waals surface area contributed by atoms with E-state index in [0.29, 0.717) is 18.2 Å². The van der Waals surface area contributed by atoms with Crippen LogP contribution in [0.5, 0.6) is 5.75 Å². The Balaban J connectivity index is 0.000000511. The van der Waals surface area contributed by atoms with Gasteiger partial charge in [-0.15, -0.1) is 0 Å². The number of alkyl halides is 2.